The number of nitrogens with zero attached hydrogens (tertiary/aromatic N) is 1. The largest absolute Gasteiger partial charge is 0.310 e. The van der Waals surface area contributed by atoms with Crippen molar-refractivity contribution >= 4 is 38.6 Å². The van der Waals surface area contributed by atoms with Crippen molar-refractivity contribution in [3.63, 3.8) is 0 Å². The molecular weight excluding hydrogens is 338 g/mol. The van der Waals surface area contributed by atoms with Crippen LogP contribution in [-0.2, 0) is 0 Å². The number of anilines is 3. The first-order valence-corrected chi connectivity index (χ1v) is 9.63. The Labute approximate surface area is 165 Å². The fourth-order valence-electron chi connectivity index (χ4n) is 3.86. The minimum absolute atomic E-state index is 1.16. The van der Waals surface area contributed by atoms with Crippen molar-refractivity contribution < 1.29 is 0 Å². The van der Waals surface area contributed by atoms with Crippen LogP contribution in [0.2, 0.25) is 0 Å². The van der Waals surface area contributed by atoms with Gasteiger partial charge in [-0.15, -0.1) is 0 Å². The first-order valence-electron chi connectivity index (χ1n) is 9.63. The second-order valence-corrected chi connectivity index (χ2v) is 7.20. The Balaban J connectivity index is 1.71. The van der Waals surface area contributed by atoms with E-state index >= 15 is 0 Å². The van der Waals surface area contributed by atoms with E-state index < -0.39 is 0 Å². The molecule has 0 spiro atoms. The number of aryl methyl sites for hydroxylation is 1. The van der Waals surface area contributed by atoms with Gasteiger partial charge in [0.05, 0.1) is 0 Å². The molecule has 0 aromatic heterocycles. The highest BCUT2D eigenvalue weighted by Crippen LogP contribution is 2.37. The molecule has 0 bridgehead atoms. The fraction of sp³-hybridized carbons (Fsp3) is 0.0370. The van der Waals surface area contributed by atoms with Crippen LogP contribution >= 0.6 is 0 Å². The van der Waals surface area contributed by atoms with Gasteiger partial charge < -0.3 is 4.90 Å². The van der Waals surface area contributed by atoms with Gasteiger partial charge in [-0.25, -0.2) is 0 Å². The number of para-hydroxylation sites is 1. The zero-order valence-corrected chi connectivity index (χ0v) is 15.8. The predicted octanol–water partition coefficient (Wildman–Crippen LogP) is 7.77. The van der Waals surface area contributed by atoms with Gasteiger partial charge in [-0.1, -0.05) is 78.4 Å². The van der Waals surface area contributed by atoms with Crippen molar-refractivity contribution in [2.45, 2.75) is 6.92 Å². The van der Waals surface area contributed by atoms with Gasteiger partial charge >= 0.3 is 0 Å². The first kappa shape index (κ1) is 16.6. The molecule has 0 amide bonds. The Hall–Kier alpha value is -3.58. The van der Waals surface area contributed by atoms with Crippen LogP contribution in [0.5, 0.6) is 0 Å². The van der Waals surface area contributed by atoms with Gasteiger partial charge in [0.1, 0.15) is 0 Å². The molecule has 1 heteroatoms. The summed E-state index contributed by atoms with van der Waals surface area (Å²) in [5.74, 6) is 0. The Morgan fingerprint density at radius 2 is 1.07 bits per heavy atom. The minimum Gasteiger partial charge on any atom is -0.310 e. The SMILES string of the molecule is Cc1ccc(N(c2ccccc2)c2ccc3c(ccc4ccccc43)c2)cc1. The van der Waals surface area contributed by atoms with Crippen molar-refractivity contribution in [1.29, 1.82) is 0 Å². The van der Waals surface area contributed by atoms with Gasteiger partial charge in [-0.3, -0.25) is 0 Å². The molecule has 5 rings (SSSR count). The number of benzene rings is 5. The van der Waals surface area contributed by atoms with E-state index in [1.54, 1.807) is 0 Å². The van der Waals surface area contributed by atoms with Gasteiger partial charge in [0.25, 0.3) is 0 Å². The molecule has 1 nitrogen and oxygen atoms in total. The summed E-state index contributed by atoms with van der Waals surface area (Å²) in [6, 6.07) is 39.0. The highest BCUT2D eigenvalue weighted by atomic mass is 15.1. The molecule has 0 saturated carbocycles. The van der Waals surface area contributed by atoms with Gasteiger partial charge in [0.2, 0.25) is 0 Å². The Morgan fingerprint density at radius 3 is 1.89 bits per heavy atom. The van der Waals surface area contributed by atoms with E-state index in [1.165, 1.54) is 27.1 Å². The summed E-state index contributed by atoms with van der Waals surface area (Å²) in [4.78, 5) is 2.31. The topological polar surface area (TPSA) is 3.24 Å². The number of hydrogen-bond acceptors (Lipinski definition) is 1. The van der Waals surface area contributed by atoms with Crippen LogP contribution < -0.4 is 4.90 Å². The molecule has 0 unspecified atom stereocenters. The molecule has 0 radical (unpaired) electrons. The van der Waals surface area contributed by atoms with Crippen molar-refractivity contribution in [2.24, 2.45) is 0 Å². The number of rotatable bonds is 3. The lowest BCUT2D eigenvalue weighted by Gasteiger charge is -2.26. The molecule has 28 heavy (non-hydrogen) atoms. The summed E-state index contributed by atoms with van der Waals surface area (Å²) in [6.45, 7) is 2.12. The van der Waals surface area contributed by atoms with E-state index in [2.05, 4.69) is 121 Å². The van der Waals surface area contributed by atoms with Crippen molar-refractivity contribution in [3.05, 3.63) is 115 Å². The lowest BCUT2D eigenvalue weighted by atomic mass is 10.0. The molecule has 5 aromatic carbocycles. The van der Waals surface area contributed by atoms with Crippen molar-refractivity contribution in [2.75, 3.05) is 4.90 Å². The van der Waals surface area contributed by atoms with E-state index in [-0.39, 0.29) is 0 Å². The Morgan fingerprint density at radius 1 is 0.464 bits per heavy atom. The lowest BCUT2D eigenvalue weighted by Crippen LogP contribution is -2.09. The first-order chi connectivity index (χ1) is 13.8. The molecule has 134 valence electrons. The maximum atomic E-state index is 2.31. The maximum Gasteiger partial charge on any atom is 0.0468 e. The molecular formula is C27H21N. The molecule has 0 aliphatic heterocycles. The van der Waals surface area contributed by atoms with Crippen LogP contribution in [0.15, 0.2) is 109 Å². The average molecular weight is 359 g/mol. The molecule has 0 atom stereocenters. The minimum atomic E-state index is 1.16. The third-order valence-electron chi connectivity index (χ3n) is 5.29. The predicted molar refractivity (Wildman–Crippen MR) is 121 cm³/mol. The average Bonchev–Trinajstić information content (AvgIpc) is 2.76. The van der Waals surface area contributed by atoms with E-state index in [1.807, 2.05) is 0 Å². The maximum absolute atomic E-state index is 2.31. The van der Waals surface area contributed by atoms with Gasteiger partial charge in [0.15, 0.2) is 0 Å². The smallest absolute Gasteiger partial charge is 0.0468 e. The summed E-state index contributed by atoms with van der Waals surface area (Å²) in [5, 5.41) is 5.12. The Bertz CT molecular complexity index is 1250. The van der Waals surface area contributed by atoms with Crippen LogP contribution in [0.25, 0.3) is 21.5 Å². The highest BCUT2D eigenvalue weighted by Gasteiger charge is 2.13. The lowest BCUT2D eigenvalue weighted by molar-refractivity contribution is 1.28. The van der Waals surface area contributed by atoms with Crippen LogP contribution in [-0.4, -0.2) is 0 Å². The second kappa shape index (κ2) is 6.86. The summed E-state index contributed by atoms with van der Waals surface area (Å²) in [7, 11) is 0. The van der Waals surface area contributed by atoms with Crippen molar-refractivity contribution in [3.8, 4) is 0 Å². The Kier molecular flexibility index (Phi) is 4.06. The normalized spacial score (nSPS) is 11.0. The summed E-state index contributed by atoms with van der Waals surface area (Å²) >= 11 is 0. The molecule has 0 aliphatic carbocycles. The molecule has 0 fully saturated rings. The summed E-state index contributed by atoms with van der Waals surface area (Å²) < 4.78 is 0. The van der Waals surface area contributed by atoms with Crippen LogP contribution in [0.4, 0.5) is 17.1 Å². The summed E-state index contributed by atoms with van der Waals surface area (Å²) in [6.07, 6.45) is 0. The second-order valence-electron chi connectivity index (χ2n) is 7.20. The highest BCUT2D eigenvalue weighted by molar-refractivity contribution is 6.08. The fourth-order valence-corrected chi connectivity index (χ4v) is 3.86. The van der Waals surface area contributed by atoms with E-state index in [4.69, 9.17) is 0 Å². The van der Waals surface area contributed by atoms with Gasteiger partial charge in [0, 0.05) is 17.1 Å². The van der Waals surface area contributed by atoms with E-state index in [9.17, 15) is 0 Å². The quantitative estimate of drug-likeness (QED) is 0.297. The van der Waals surface area contributed by atoms with Gasteiger partial charge in [-0.2, -0.15) is 0 Å². The zero-order chi connectivity index (χ0) is 18.9. The van der Waals surface area contributed by atoms with E-state index in [0.29, 0.717) is 0 Å². The third kappa shape index (κ3) is 2.91. The third-order valence-corrected chi connectivity index (χ3v) is 5.29. The number of fused-ring (bicyclic) bond motifs is 3. The van der Waals surface area contributed by atoms with E-state index in [0.717, 1.165) is 17.1 Å². The van der Waals surface area contributed by atoms with Gasteiger partial charge in [-0.05, 0) is 64.9 Å². The van der Waals surface area contributed by atoms with Crippen molar-refractivity contribution in [1.82, 2.24) is 0 Å². The molecule has 0 N–H and O–H groups in total. The van der Waals surface area contributed by atoms with Crippen LogP contribution in [0.3, 0.4) is 0 Å². The monoisotopic (exact) mass is 359 g/mol. The molecule has 0 saturated heterocycles. The summed E-state index contributed by atoms with van der Waals surface area (Å²) in [5.41, 5.74) is 4.75. The molecule has 5 aromatic rings. The van der Waals surface area contributed by atoms with Crippen LogP contribution in [0.1, 0.15) is 5.56 Å². The standard InChI is InChI=1S/C27H21N/c1-20-11-15-24(16-12-20)28(23-8-3-2-4-9-23)25-17-18-27-22(19-25)14-13-21-7-5-6-10-26(21)27/h2-19H,1H3. The number of hydrogen-bond donors (Lipinski definition) is 0. The zero-order valence-electron chi connectivity index (χ0n) is 15.8. The molecule has 0 heterocycles. The molecule has 0 aliphatic rings. The van der Waals surface area contributed by atoms with Crippen LogP contribution in [0, 0.1) is 6.92 Å².